The van der Waals surface area contributed by atoms with E-state index in [9.17, 15) is 5.11 Å². The number of hydrogen-bond acceptors (Lipinski definition) is 2. The number of hydrogen-bond donors (Lipinski definition) is 1. The Labute approximate surface area is 112 Å². The van der Waals surface area contributed by atoms with E-state index in [1.807, 2.05) is 6.92 Å². The molecule has 1 heterocycles. The zero-order valence-electron chi connectivity index (χ0n) is 10.3. The van der Waals surface area contributed by atoms with E-state index in [1.54, 1.807) is 0 Å². The third kappa shape index (κ3) is 3.02. The number of piperidine rings is 1. The van der Waals surface area contributed by atoms with E-state index < -0.39 is 0 Å². The van der Waals surface area contributed by atoms with Crippen molar-refractivity contribution < 1.29 is 5.11 Å². The second kappa shape index (κ2) is 5.87. The van der Waals surface area contributed by atoms with Crippen LogP contribution in [0.15, 0.2) is 22.7 Å². The molecule has 2 rings (SSSR count). The molecule has 3 heteroatoms. The van der Waals surface area contributed by atoms with E-state index in [0.717, 1.165) is 17.6 Å². The van der Waals surface area contributed by atoms with Crippen LogP contribution in [0, 0.1) is 0 Å². The van der Waals surface area contributed by atoms with Crippen molar-refractivity contribution in [2.75, 3.05) is 24.6 Å². The molecule has 94 valence electrons. The van der Waals surface area contributed by atoms with Crippen LogP contribution in [-0.2, 0) is 0 Å². The Hall–Kier alpha value is -0.540. The molecule has 2 nitrogen and oxygen atoms in total. The van der Waals surface area contributed by atoms with Gasteiger partial charge >= 0.3 is 0 Å². The minimum atomic E-state index is 0.204. The van der Waals surface area contributed by atoms with Crippen LogP contribution in [0.5, 0.6) is 0 Å². The van der Waals surface area contributed by atoms with Crippen molar-refractivity contribution in [1.29, 1.82) is 0 Å². The SMILES string of the molecule is CC(CO)c1ccc(N2CCCCC2)c(Br)c1. The van der Waals surface area contributed by atoms with Crippen LogP contribution in [0.25, 0.3) is 0 Å². The molecule has 0 radical (unpaired) electrons. The molecular weight excluding hydrogens is 278 g/mol. The molecule has 1 atom stereocenters. The molecule has 0 saturated carbocycles. The summed E-state index contributed by atoms with van der Waals surface area (Å²) in [5, 5.41) is 9.17. The van der Waals surface area contributed by atoms with Crippen molar-refractivity contribution in [2.24, 2.45) is 0 Å². The first-order chi connectivity index (χ1) is 8.22. The van der Waals surface area contributed by atoms with Gasteiger partial charge in [-0.1, -0.05) is 13.0 Å². The Balaban J connectivity index is 2.18. The third-order valence-electron chi connectivity index (χ3n) is 3.51. The highest BCUT2D eigenvalue weighted by Crippen LogP contribution is 2.31. The third-order valence-corrected chi connectivity index (χ3v) is 4.15. The number of aliphatic hydroxyl groups is 1. The van der Waals surface area contributed by atoms with E-state index in [-0.39, 0.29) is 12.5 Å². The van der Waals surface area contributed by atoms with Gasteiger partial charge in [-0.25, -0.2) is 0 Å². The number of anilines is 1. The summed E-state index contributed by atoms with van der Waals surface area (Å²) in [5.41, 5.74) is 2.48. The number of rotatable bonds is 3. The lowest BCUT2D eigenvalue weighted by Gasteiger charge is -2.30. The highest BCUT2D eigenvalue weighted by molar-refractivity contribution is 9.10. The first kappa shape index (κ1) is 12.9. The van der Waals surface area contributed by atoms with Crippen molar-refractivity contribution in [1.82, 2.24) is 0 Å². The fourth-order valence-corrected chi connectivity index (χ4v) is 2.97. The first-order valence-corrected chi connectivity index (χ1v) is 7.17. The quantitative estimate of drug-likeness (QED) is 0.922. The number of aliphatic hydroxyl groups excluding tert-OH is 1. The highest BCUT2D eigenvalue weighted by atomic mass is 79.9. The normalized spacial score (nSPS) is 18.2. The maximum atomic E-state index is 9.17. The number of benzene rings is 1. The van der Waals surface area contributed by atoms with Gasteiger partial charge in [0.1, 0.15) is 0 Å². The molecule has 1 aliphatic rings. The van der Waals surface area contributed by atoms with Crippen molar-refractivity contribution in [3.05, 3.63) is 28.2 Å². The Morgan fingerprint density at radius 1 is 1.29 bits per heavy atom. The van der Waals surface area contributed by atoms with Crippen LogP contribution in [0.4, 0.5) is 5.69 Å². The molecule has 1 unspecified atom stereocenters. The monoisotopic (exact) mass is 297 g/mol. The van der Waals surface area contributed by atoms with Crippen LogP contribution < -0.4 is 4.90 Å². The number of halogens is 1. The van der Waals surface area contributed by atoms with Crippen LogP contribution in [0.1, 0.15) is 37.7 Å². The molecule has 1 aliphatic heterocycles. The van der Waals surface area contributed by atoms with Gasteiger partial charge in [-0.3, -0.25) is 0 Å². The van der Waals surface area contributed by atoms with Crippen LogP contribution in [0.2, 0.25) is 0 Å². The molecule has 1 fully saturated rings. The van der Waals surface area contributed by atoms with E-state index in [0.29, 0.717) is 0 Å². The number of nitrogens with zero attached hydrogens (tertiary/aromatic N) is 1. The molecule has 1 aromatic rings. The molecule has 0 aromatic heterocycles. The lowest BCUT2D eigenvalue weighted by molar-refractivity contribution is 0.273. The van der Waals surface area contributed by atoms with E-state index in [4.69, 9.17) is 0 Å². The summed E-state index contributed by atoms with van der Waals surface area (Å²) in [6.07, 6.45) is 3.94. The van der Waals surface area contributed by atoms with E-state index in [1.165, 1.54) is 30.5 Å². The molecule has 1 aromatic carbocycles. The summed E-state index contributed by atoms with van der Waals surface area (Å²) in [4.78, 5) is 2.45. The largest absolute Gasteiger partial charge is 0.396 e. The predicted octanol–water partition coefficient (Wildman–Crippen LogP) is 3.54. The lowest BCUT2D eigenvalue weighted by atomic mass is 10.0. The van der Waals surface area contributed by atoms with Gasteiger partial charge in [0.15, 0.2) is 0 Å². The average Bonchev–Trinajstić information content (AvgIpc) is 2.38. The van der Waals surface area contributed by atoms with Gasteiger partial charge in [-0.2, -0.15) is 0 Å². The van der Waals surface area contributed by atoms with E-state index in [2.05, 4.69) is 39.0 Å². The van der Waals surface area contributed by atoms with Gasteiger partial charge in [0, 0.05) is 30.1 Å². The second-order valence-corrected chi connectivity index (χ2v) is 5.70. The van der Waals surface area contributed by atoms with Crippen molar-refractivity contribution >= 4 is 21.6 Å². The van der Waals surface area contributed by atoms with Gasteiger partial charge in [0.05, 0.1) is 5.69 Å². The second-order valence-electron chi connectivity index (χ2n) is 4.84. The van der Waals surface area contributed by atoms with Crippen LogP contribution >= 0.6 is 15.9 Å². The fraction of sp³-hybridized carbons (Fsp3) is 0.571. The van der Waals surface area contributed by atoms with Crippen LogP contribution in [-0.4, -0.2) is 24.8 Å². The minimum Gasteiger partial charge on any atom is -0.396 e. The molecule has 1 N–H and O–H groups in total. The minimum absolute atomic E-state index is 0.204. The maximum Gasteiger partial charge on any atom is 0.0510 e. The first-order valence-electron chi connectivity index (χ1n) is 6.37. The highest BCUT2D eigenvalue weighted by Gasteiger charge is 2.14. The Morgan fingerprint density at radius 3 is 2.59 bits per heavy atom. The zero-order valence-corrected chi connectivity index (χ0v) is 11.9. The maximum absolute atomic E-state index is 9.17. The van der Waals surface area contributed by atoms with Gasteiger partial charge < -0.3 is 10.0 Å². The summed E-state index contributed by atoms with van der Waals surface area (Å²) in [6.45, 7) is 4.57. The summed E-state index contributed by atoms with van der Waals surface area (Å²) >= 11 is 3.66. The summed E-state index contributed by atoms with van der Waals surface area (Å²) < 4.78 is 1.15. The van der Waals surface area contributed by atoms with Crippen molar-refractivity contribution in [3.8, 4) is 0 Å². The Kier molecular flexibility index (Phi) is 4.46. The molecule has 0 amide bonds. The molecule has 0 aliphatic carbocycles. The Morgan fingerprint density at radius 2 is 2.00 bits per heavy atom. The molecule has 0 spiro atoms. The Bertz CT molecular complexity index is 374. The predicted molar refractivity (Wildman–Crippen MR) is 75.7 cm³/mol. The summed E-state index contributed by atoms with van der Waals surface area (Å²) in [6, 6.07) is 6.46. The van der Waals surface area contributed by atoms with Gasteiger partial charge in [0.25, 0.3) is 0 Å². The van der Waals surface area contributed by atoms with Crippen LogP contribution in [0.3, 0.4) is 0 Å². The smallest absolute Gasteiger partial charge is 0.0510 e. The van der Waals surface area contributed by atoms with Gasteiger partial charge in [-0.05, 0) is 52.9 Å². The average molecular weight is 298 g/mol. The molecular formula is C14H20BrNO. The van der Waals surface area contributed by atoms with Crippen molar-refractivity contribution in [2.45, 2.75) is 32.1 Å². The van der Waals surface area contributed by atoms with E-state index >= 15 is 0 Å². The zero-order chi connectivity index (χ0) is 12.3. The van der Waals surface area contributed by atoms with Crippen molar-refractivity contribution in [3.63, 3.8) is 0 Å². The summed E-state index contributed by atoms with van der Waals surface area (Å²) in [7, 11) is 0. The molecule has 1 saturated heterocycles. The lowest BCUT2D eigenvalue weighted by Crippen LogP contribution is -2.29. The molecule has 17 heavy (non-hydrogen) atoms. The fourth-order valence-electron chi connectivity index (χ4n) is 2.33. The van der Waals surface area contributed by atoms with Gasteiger partial charge in [0.2, 0.25) is 0 Å². The molecule has 0 bridgehead atoms. The standard InChI is InChI=1S/C14H20BrNO/c1-11(10-17)12-5-6-14(13(15)9-12)16-7-3-2-4-8-16/h5-6,9,11,17H,2-4,7-8,10H2,1H3. The van der Waals surface area contributed by atoms with Gasteiger partial charge in [-0.15, -0.1) is 0 Å². The topological polar surface area (TPSA) is 23.5 Å². The summed E-state index contributed by atoms with van der Waals surface area (Å²) in [5.74, 6) is 0.210.